The molecule has 0 heterocycles. The summed E-state index contributed by atoms with van der Waals surface area (Å²) in [6, 6.07) is 20.4. The first-order valence-electron chi connectivity index (χ1n) is 13.3. The van der Waals surface area contributed by atoms with Crippen molar-refractivity contribution in [1.82, 2.24) is 0 Å². The Hall–Kier alpha value is -2.74. The number of hydrogen-bond acceptors (Lipinski definition) is 4. The number of fused-ring (bicyclic) bond motifs is 1. The van der Waals surface area contributed by atoms with Crippen LogP contribution in [0.15, 0.2) is 72.8 Å². The van der Waals surface area contributed by atoms with Gasteiger partial charge in [0.25, 0.3) is 0 Å². The van der Waals surface area contributed by atoms with Crippen LogP contribution in [-0.2, 0) is 19.3 Å². The van der Waals surface area contributed by atoms with Gasteiger partial charge < -0.3 is 5.11 Å². The van der Waals surface area contributed by atoms with Crippen molar-refractivity contribution < 1.29 is 22.5 Å². The molecule has 3 N–H and O–H groups in total. The van der Waals surface area contributed by atoms with Crippen LogP contribution < -0.4 is 5.14 Å². The average Bonchev–Trinajstić information content (AvgIpc) is 3.32. The highest BCUT2D eigenvalue weighted by Crippen LogP contribution is 2.67. The van der Waals surface area contributed by atoms with Crippen molar-refractivity contribution in [2.24, 2.45) is 27.8 Å². The standard InChI is InChI=1S/C31H39NO5S/c1-21(17-28(33)34)19-30(3,4)20-25-18-26-27(37-38(32,35)36)15-16-31(26,22(2)23-11-7-5-8-12-23)29(25)24-13-9-6-10-14-24/h5-14,21,26-27H,2,15-20H2,1,3-4H3,(H,33,34)(H2,32,35,36)/t21?,26?,27-,31-/m0/s1. The van der Waals surface area contributed by atoms with E-state index in [0.29, 0.717) is 19.3 Å². The maximum atomic E-state index is 12.1. The first kappa shape index (κ1) is 28.3. The molecule has 7 heteroatoms. The quantitative estimate of drug-likeness (QED) is 0.342. The van der Waals surface area contributed by atoms with E-state index < -0.39 is 27.8 Å². The molecule has 0 spiro atoms. The van der Waals surface area contributed by atoms with Crippen LogP contribution in [0.3, 0.4) is 0 Å². The number of carboxylic acids is 1. The molecule has 2 unspecified atom stereocenters. The number of carbonyl (C=O) groups is 1. The maximum absolute atomic E-state index is 12.1. The zero-order chi connectivity index (χ0) is 27.7. The fraction of sp³-hybridized carbons (Fsp3) is 0.452. The lowest BCUT2D eigenvalue weighted by molar-refractivity contribution is -0.138. The summed E-state index contributed by atoms with van der Waals surface area (Å²) in [5.74, 6) is -0.879. The summed E-state index contributed by atoms with van der Waals surface area (Å²) in [5, 5.41) is 14.7. The first-order chi connectivity index (χ1) is 17.8. The monoisotopic (exact) mass is 537 g/mol. The van der Waals surface area contributed by atoms with Crippen LogP contribution in [0.25, 0.3) is 11.1 Å². The lowest BCUT2D eigenvalue weighted by Crippen LogP contribution is -2.33. The number of allylic oxidation sites excluding steroid dienone is 3. The van der Waals surface area contributed by atoms with Crippen LogP contribution in [-0.4, -0.2) is 25.6 Å². The highest BCUT2D eigenvalue weighted by molar-refractivity contribution is 7.84. The number of benzene rings is 2. The van der Waals surface area contributed by atoms with Gasteiger partial charge in [0, 0.05) is 17.8 Å². The van der Waals surface area contributed by atoms with Gasteiger partial charge in [-0.25, -0.2) is 5.14 Å². The molecule has 6 nitrogen and oxygen atoms in total. The third kappa shape index (κ3) is 5.95. The van der Waals surface area contributed by atoms with Gasteiger partial charge in [0.1, 0.15) is 0 Å². The molecule has 0 saturated heterocycles. The van der Waals surface area contributed by atoms with Crippen molar-refractivity contribution in [2.45, 2.75) is 65.4 Å². The normalized spacial score (nSPS) is 24.3. The molecular weight excluding hydrogens is 498 g/mol. The van der Waals surface area contributed by atoms with Gasteiger partial charge in [-0.3, -0.25) is 8.98 Å². The van der Waals surface area contributed by atoms with E-state index in [1.165, 1.54) is 11.1 Å². The van der Waals surface area contributed by atoms with Gasteiger partial charge in [-0.15, -0.1) is 0 Å². The van der Waals surface area contributed by atoms with Crippen molar-refractivity contribution in [3.8, 4) is 0 Å². The van der Waals surface area contributed by atoms with E-state index in [9.17, 15) is 18.3 Å². The number of hydrogen-bond donors (Lipinski definition) is 2. The number of rotatable bonds is 11. The Kier molecular flexibility index (Phi) is 8.03. The summed E-state index contributed by atoms with van der Waals surface area (Å²) in [7, 11) is -4.13. The Morgan fingerprint density at radius 1 is 1.16 bits per heavy atom. The minimum Gasteiger partial charge on any atom is -0.481 e. The summed E-state index contributed by atoms with van der Waals surface area (Å²) in [6.45, 7) is 11.0. The van der Waals surface area contributed by atoms with Gasteiger partial charge in [0.05, 0.1) is 6.10 Å². The fourth-order valence-corrected chi connectivity index (χ4v) is 7.85. The fourth-order valence-electron chi connectivity index (χ4n) is 7.27. The molecular formula is C31H39NO5S. The molecule has 1 saturated carbocycles. The molecule has 0 radical (unpaired) electrons. The van der Waals surface area contributed by atoms with Crippen molar-refractivity contribution in [1.29, 1.82) is 0 Å². The summed E-state index contributed by atoms with van der Waals surface area (Å²) in [6.07, 6.45) is 3.06. The molecule has 2 aliphatic carbocycles. The smallest absolute Gasteiger partial charge is 0.333 e. The van der Waals surface area contributed by atoms with E-state index in [4.69, 9.17) is 9.32 Å². The second kappa shape index (κ2) is 10.8. The van der Waals surface area contributed by atoms with Crippen molar-refractivity contribution in [2.75, 3.05) is 0 Å². The lowest BCUT2D eigenvalue weighted by atomic mass is 9.66. The van der Waals surface area contributed by atoms with E-state index in [1.54, 1.807) is 0 Å². The molecule has 2 aliphatic rings. The predicted octanol–water partition coefficient (Wildman–Crippen LogP) is 6.46. The maximum Gasteiger partial charge on any atom is 0.333 e. The van der Waals surface area contributed by atoms with Gasteiger partial charge in [0.2, 0.25) is 0 Å². The zero-order valence-corrected chi connectivity index (χ0v) is 23.3. The molecule has 2 aromatic rings. The molecule has 204 valence electrons. The molecule has 0 aliphatic heterocycles. The lowest BCUT2D eigenvalue weighted by Gasteiger charge is -2.37. The SMILES string of the molecule is C=C(c1ccccc1)[C@@]12CC[C@H](OS(N)(=O)=O)C1CC(CC(C)(C)CC(C)CC(=O)O)=C2c1ccccc1. The zero-order valence-electron chi connectivity index (χ0n) is 22.5. The molecule has 38 heavy (non-hydrogen) atoms. The molecule has 4 rings (SSSR count). The third-order valence-corrected chi connectivity index (χ3v) is 8.78. The van der Waals surface area contributed by atoms with Crippen LogP contribution in [0.2, 0.25) is 0 Å². The van der Waals surface area contributed by atoms with Crippen molar-refractivity contribution in [3.05, 3.63) is 83.9 Å². The van der Waals surface area contributed by atoms with Crippen LogP contribution >= 0.6 is 0 Å². The van der Waals surface area contributed by atoms with Crippen LogP contribution in [0.1, 0.15) is 70.4 Å². The minimum atomic E-state index is -4.13. The molecule has 0 amide bonds. The van der Waals surface area contributed by atoms with E-state index in [1.807, 2.05) is 43.3 Å². The second-order valence-corrected chi connectivity index (χ2v) is 13.1. The summed E-state index contributed by atoms with van der Waals surface area (Å²) < 4.78 is 29.6. The third-order valence-electron chi connectivity index (χ3n) is 8.27. The van der Waals surface area contributed by atoms with E-state index in [2.05, 4.69) is 44.7 Å². The van der Waals surface area contributed by atoms with E-state index in [-0.39, 0.29) is 23.7 Å². The Bertz CT molecular complexity index is 1320. The largest absolute Gasteiger partial charge is 0.481 e. The van der Waals surface area contributed by atoms with Gasteiger partial charge in [-0.2, -0.15) is 8.42 Å². The number of nitrogens with two attached hydrogens (primary N) is 1. The summed E-state index contributed by atoms with van der Waals surface area (Å²) in [4.78, 5) is 11.3. The van der Waals surface area contributed by atoms with Gasteiger partial charge >= 0.3 is 16.3 Å². The Labute approximate surface area is 226 Å². The number of aliphatic carboxylic acids is 1. The van der Waals surface area contributed by atoms with Gasteiger partial charge in [-0.05, 0) is 65.7 Å². The summed E-state index contributed by atoms with van der Waals surface area (Å²) in [5.41, 5.74) is 4.90. The second-order valence-electron chi connectivity index (χ2n) is 11.9. The Morgan fingerprint density at radius 2 is 1.76 bits per heavy atom. The molecule has 0 aromatic heterocycles. The highest BCUT2D eigenvalue weighted by atomic mass is 32.2. The van der Waals surface area contributed by atoms with Crippen molar-refractivity contribution in [3.63, 3.8) is 0 Å². The Morgan fingerprint density at radius 3 is 2.34 bits per heavy atom. The van der Waals surface area contributed by atoms with E-state index >= 15 is 0 Å². The highest BCUT2D eigenvalue weighted by Gasteiger charge is 2.58. The molecule has 2 aromatic carbocycles. The minimum absolute atomic E-state index is 0.0379. The predicted molar refractivity (Wildman–Crippen MR) is 151 cm³/mol. The van der Waals surface area contributed by atoms with Gasteiger partial charge in [-0.1, -0.05) is 93.6 Å². The molecule has 1 fully saturated rings. The Balaban J connectivity index is 1.84. The van der Waals surface area contributed by atoms with Crippen LogP contribution in [0, 0.1) is 22.7 Å². The van der Waals surface area contributed by atoms with Crippen LogP contribution in [0.4, 0.5) is 0 Å². The van der Waals surface area contributed by atoms with Crippen molar-refractivity contribution >= 4 is 27.4 Å². The summed E-state index contributed by atoms with van der Waals surface area (Å²) >= 11 is 0. The molecule has 4 atom stereocenters. The average molecular weight is 538 g/mol. The number of carboxylic acid groups (broad SMARTS) is 1. The van der Waals surface area contributed by atoms with Gasteiger partial charge in [0.15, 0.2) is 0 Å². The van der Waals surface area contributed by atoms with Crippen LogP contribution in [0.5, 0.6) is 0 Å². The van der Waals surface area contributed by atoms with E-state index in [0.717, 1.165) is 29.5 Å². The topological polar surface area (TPSA) is 107 Å². The first-order valence-corrected chi connectivity index (χ1v) is 14.7. The molecule has 0 bridgehead atoms.